The van der Waals surface area contributed by atoms with Crippen molar-refractivity contribution in [3.05, 3.63) is 52.8 Å². The highest BCUT2D eigenvalue weighted by atomic mass is 35.5. The number of ether oxygens (including phenoxy) is 3. The first kappa shape index (κ1) is 19.7. The van der Waals surface area contributed by atoms with Crippen LogP contribution in [-0.2, 0) is 20.9 Å². The highest BCUT2D eigenvalue weighted by Crippen LogP contribution is 2.21. The minimum Gasteiger partial charge on any atom is -0.496 e. The van der Waals surface area contributed by atoms with Gasteiger partial charge < -0.3 is 19.5 Å². The highest BCUT2D eigenvalue weighted by Gasteiger charge is 2.14. The first-order chi connectivity index (χ1) is 12.5. The molecule has 0 aliphatic heterocycles. The van der Waals surface area contributed by atoms with Crippen LogP contribution in [0.4, 0.5) is 5.69 Å². The Morgan fingerprint density at radius 2 is 2.08 bits per heavy atom. The molecule has 1 aromatic carbocycles. The summed E-state index contributed by atoms with van der Waals surface area (Å²) in [6.45, 7) is 2.27. The molecule has 138 valence electrons. The van der Waals surface area contributed by atoms with Crippen LogP contribution in [0.2, 0.25) is 5.15 Å². The topological polar surface area (TPSA) is 86.8 Å². The average Bonchev–Trinajstić information content (AvgIpc) is 2.66. The number of methoxy groups -OCH3 is 1. The zero-order valence-electron chi connectivity index (χ0n) is 14.5. The Morgan fingerprint density at radius 3 is 2.77 bits per heavy atom. The van der Waals surface area contributed by atoms with E-state index < -0.39 is 18.5 Å². The molecule has 2 aromatic rings. The summed E-state index contributed by atoms with van der Waals surface area (Å²) in [7, 11) is 1.54. The SMILES string of the molecule is CCOCc1cc(C(=O)OCC(=O)Nc2cccnc2Cl)ccc1OC. The van der Waals surface area contributed by atoms with Gasteiger partial charge in [-0.2, -0.15) is 0 Å². The fraction of sp³-hybridized carbons (Fsp3) is 0.278. The fourth-order valence-electron chi connectivity index (χ4n) is 2.11. The molecule has 0 saturated carbocycles. The molecule has 2 rings (SSSR count). The molecular formula is C18H19ClN2O5. The van der Waals surface area contributed by atoms with Gasteiger partial charge in [0.15, 0.2) is 11.8 Å². The molecule has 0 aliphatic carbocycles. The van der Waals surface area contributed by atoms with Crippen LogP contribution in [-0.4, -0.2) is 37.2 Å². The number of rotatable bonds is 8. The van der Waals surface area contributed by atoms with Crippen molar-refractivity contribution in [1.29, 1.82) is 0 Å². The number of carbonyl (C=O) groups is 2. The van der Waals surface area contributed by atoms with Gasteiger partial charge in [0.1, 0.15) is 5.75 Å². The number of amides is 1. The number of esters is 1. The zero-order valence-corrected chi connectivity index (χ0v) is 15.2. The number of aromatic nitrogens is 1. The minimum absolute atomic E-state index is 0.155. The molecule has 0 spiro atoms. The average molecular weight is 379 g/mol. The molecule has 0 atom stereocenters. The smallest absolute Gasteiger partial charge is 0.338 e. The standard InChI is InChI=1S/C18H19ClN2O5/c1-3-25-10-13-9-12(6-7-15(13)24-2)18(23)26-11-16(22)21-14-5-4-8-20-17(14)19/h4-9H,3,10-11H2,1-2H3,(H,21,22). The molecule has 1 aromatic heterocycles. The third-order valence-corrected chi connectivity index (χ3v) is 3.65. The van der Waals surface area contributed by atoms with E-state index in [1.807, 2.05) is 6.92 Å². The Bertz CT molecular complexity index is 782. The first-order valence-corrected chi connectivity index (χ1v) is 8.25. The molecule has 0 bridgehead atoms. The van der Waals surface area contributed by atoms with E-state index in [1.165, 1.54) is 13.3 Å². The Hall–Kier alpha value is -2.64. The number of nitrogens with zero attached hydrogens (tertiary/aromatic N) is 1. The molecule has 0 radical (unpaired) electrons. The molecule has 1 amide bonds. The van der Waals surface area contributed by atoms with E-state index in [2.05, 4.69) is 10.3 Å². The van der Waals surface area contributed by atoms with Gasteiger partial charge in [0.2, 0.25) is 0 Å². The number of nitrogens with one attached hydrogen (secondary N) is 1. The van der Waals surface area contributed by atoms with Crippen molar-refractivity contribution in [1.82, 2.24) is 4.98 Å². The summed E-state index contributed by atoms with van der Waals surface area (Å²) >= 11 is 5.86. The quantitative estimate of drug-likeness (QED) is 0.561. The van der Waals surface area contributed by atoms with E-state index in [1.54, 1.807) is 30.3 Å². The molecule has 0 saturated heterocycles. The Morgan fingerprint density at radius 1 is 1.27 bits per heavy atom. The van der Waals surface area contributed by atoms with E-state index in [0.29, 0.717) is 30.2 Å². The monoisotopic (exact) mass is 378 g/mol. The van der Waals surface area contributed by atoms with Gasteiger partial charge in [0.25, 0.3) is 5.91 Å². The lowest BCUT2D eigenvalue weighted by atomic mass is 10.1. The van der Waals surface area contributed by atoms with Gasteiger partial charge in [-0.15, -0.1) is 0 Å². The van der Waals surface area contributed by atoms with Crippen LogP contribution in [0, 0.1) is 0 Å². The van der Waals surface area contributed by atoms with Crippen molar-refractivity contribution in [2.24, 2.45) is 0 Å². The first-order valence-electron chi connectivity index (χ1n) is 7.87. The number of benzene rings is 1. The van der Waals surface area contributed by atoms with Gasteiger partial charge in [-0.05, 0) is 37.3 Å². The summed E-state index contributed by atoms with van der Waals surface area (Å²) in [6, 6.07) is 8.06. The van der Waals surface area contributed by atoms with Gasteiger partial charge in [-0.25, -0.2) is 9.78 Å². The number of pyridine rings is 1. The van der Waals surface area contributed by atoms with Crippen molar-refractivity contribution in [3.8, 4) is 5.75 Å². The lowest BCUT2D eigenvalue weighted by Crippen LogP contribution is -2.21. The van der Waals surface area contributed by atoms with Crippen molar-refractivity contribution in [2.45, 2.75) is 13.5 Å². The van der Waals surface area contributed by atoms with Crippen LogP contribution in [0.25, 0.3) is 0 Å². The summed E-state index contributed by atoms with van der Waals surface area (Å²) < 4.78 is 15.6. The van der Waals surface area contributed by atoms with Gasteiger partial charge in [-0.1, -0.05) is 11.6 Å². The number of hydrogen-bond acceptors (Lipinski definition) is 6. The van der Waals surface area contributed by atoms with Crippen molar-refractivity contribution >= 4 is 29.2 Å². The second-order valence-corrected chi connectivity index (χ2v) is 5.49. The van der Waals surface area contributed by atoms with Crippen molar-refractivity contribution < 1.29 is 23.8 Å². The maximum Gasteiger partial charge on any atom is 0.338 e. The number of anilines is 1. The van der Waals surface area contributed by atoms with Crippen molar-refractivity contribution in [2.75, 3.05) is 25.6 Å². The van der Waals surface area contributed by atoms with Crippen LogP contribution >= 0.6 is 11.6 Å². The predicted molar refractivity (Wildman–Crippen MR) is 96.5 cm³/mol. The predicted octanol–water partition coefficient (Wildman–Crippen LogP) is 3.08. The Labute approximate surface area is 156 Å². The van der Waals surface area contributed by atoms with Crippen LogP contribution in [0.15, 0.2) is 36.5 Å². The molecule has 26 heavy (non-hydrogen) atoms. The summed E-state index contributed by atoms with van der Waals surface area (Å²) in [6.07, 6.45) is 1.50. The van der Waals surface area contributed by atoms with E-state index >= 15 is 0 Å². The second-order valence-electron chi connectivity index (χ2n) is 5.13. The van der Waals surface area contributed by atoms with Gasteiger partial charge in [0, 0.05) is 18.4 Å². The molecule has 7 nitrogen and oxygen atoms in total. The third kappa shape index (κ3) is 5.44. The molecule has 1 N–H and O–H groups in total. The van der Waals surface area contributed by atoms with Gasteiger partial charge in [0.05, 0.1) is 25.0 Å². The van der Waals surface area contributed by atoms with E-state index in [4.69, 9.17) is 25.8 Å². The zero-order chi connectivity index (χ0) is 18.9. The molecule has 0 unspecified atom stereocenters. The maximum atomic E-state index is 12.2. The number of halogens is 1. The summed E-state index contributed by atoms with van der Waals surface area (Å²) in [5, 5.41) is 2.68. The third-order valence-electron chi connectivity index (χ3n) is 3.35. The lowest BCUT2D eigenvalue weighted by molar-refractivity contribution is -0.119. The summed E-state index contributed by atoms with van der Waals surface area (Å²) in [4.78, 5) is 27.9. The number of hydrogen-bond donors (Lipinski definition) is 1. The second kappa shape index (κ2) is 9.74. The Kier molecular flexibility index (Phi) is 7.37. The van der Waals surface area contributed by atoms with Gasteiger partial charge in [-0.3, -0.25) is 4.79 Å². The summed E-state index contributed by atoms with van der Waals surface area (Å²) in [5.41, 5.74) is 1.36. The molecule has 0 aliphatic rings. The van der Waals surface area contributed by atoms with Crippen LogP contribution in [0.3, 0.4) is 0 Å². The van der Waals surface area contributed by atoms with Crippen LogP contribution in [0.1, 0.15) is 22.8 Å². The van der Waals surface area contributed by atoms with E-state index in [-0.39, 0.29) is 5.15 Å². The van der Waals surface area contributed by atoms with Crippen molar-refractivity contribution in [3.63, 3.8) is 0 Å². The largest absolute Gasteiger partial charge is 0.496 e. The maximum absolute atomic E-state index is 12.2. The minimum atomic E-state index is -0.627. The molecular weight excluding hydrogens is 360 g/mol. The molecule has 1 heterocycles. The van der Waals surface area contributed by atoms with Crippen LogP contribution in [0.5, 0.6) is 5.75 Å². The number of carbonyl (C=O) groups excluding carboxylic acids is 2. The highest BCUT2D eigenvalue weighted by molar-refractivity contribution is 6.32. The van der Waals surface area contributed by atoms with Gasteiger partial charge >= 0.3 is 5.97 Å². The van der Waals surface area contributed by atoms with E-state index in [9.17, 15) is 9.59 Å². The molecule has 8 heteroatoms. The Balaban J connectivity index is 1.96. The summed E-state index contributed by atoms with van der Waals surface area (Å²) in [5.74, 6) is -0.534. The molecule has 0 fully saturated rings. The van der Waals surface area contributed by atoms with Crippen LogP contribution < -0.4 is 10.1 Å². The normalized spacial score (nSPS) is 10.3. The van der Waals surface area contributed by atoms with E-state index in [0.717, 1.165) is 5.56 Å². The fourth-order valence-corrected chi connectivity index (χ4v) is 2.28. The lowest BCUT2D eigenvalue weighted by Gasteiger charge is -2.11.